The number of rotatable bonds is 4. The van der Waals surface area contributed by atoms with Gasteiger partial charge in [0.1, 0.15) is 0 Å². The van der Waals surface area contributed by atoms with Crippen LogP contribution in [0.15, 0.2) is 0 Å². The molecule has 0 radical (unpaired) electrons. The van der Waals surface area contributed by atoms with Crippen molar-refractivity contribution < 1.29 is 14.6 Å². The topological polar surface area (TPSA) is 71.5 Å². The molecule has 1 atom stereocenters. The molecule has 1 rings (SSSR count). The Bertz CT molecular complexity index is 354. The number of hydrogen-bond donors (Lipinski definition) is 2. The summed E-state index contributed by atoms with van der Waals surface area (Å²) in [4.78, 5) is 15.3. The lowest BCUT2D eigenvalue weighted by Gasteiger charge is -2.03. The number of nitrogens with zero attached hydrogens (tertiary/aromatic N) is 1. The van der Waals surface area contributed by atoms with E-state index in [9.17, 15) is 4.79 Å². The zero-order valence-electron chi connectivity index (χ0n) is 8.28. The van der Waals surface area contributed by atoms with Gasteiger partial charge in [0.15, 0.2) is 15.2 Å². The minimum Gasteiger partial charge on any atom is -0.465 e. The summed E-state index contributed by atoms with van der Waals surface area (Å²) in [6.07, 6.45) is -0.491. The Kier molecular flexibility index (Phi) is 4.31. The molecule has 0 unspecified atom stereocenters. The van der Waals surface area contributed by atoms with Crippen LogP contribution in [0, 0.1) is 0 Å². The van der Waals surface area contributed by atoms with Crippen LogP contribution in [0.3, 0.4) is 0 Å². The predicted molar refractivity (Wildman–Crippen MR) is 58.6 cm³/mol. The number of esters is 1. The highest BCUT2D eigenvalue weighted by Gasteiger charge is 2.17. The van der Waals surface area contributed by atoms with E-state index < -0.39 is 12.1 Å². The summed E-state index contributed by atoms with van der Waals surface area (Å²) < 4.78 is 4.53. The summed E-state index contributed by atoms with van der Waals surface area (Å²) >= 11 is 6.82. The number of ether oxygens (including phenoxy) is 1. The van der Waals surface area contributed by atoms with E-state index in [0.717, 1.165) is 11.3 Å². The second-order valence-electron chi connectivity index (χ2n) is 2.86. The maximum absolute atomic E-state index is 11.2. The van der Waals surface area contributed by atoms with Crippen molar-refractivity contribution in [2.45, 2.75) is 13.0 Å². The first-order chi connectivity index (χ1) is 7.04. The predicted octanol–water partition coefficient (Wildman–Crippen LogP) is 1.38. The summed E-state index contributed by atoms with van der Waals surface area (Å²) in [5.74, 6) is -0.511. The summed E-state index contributed by atoms with van der Waals surface area (Å²) in [6.45, 7) is 1.99. The number of carbonyl (C=O) groups is 1. The van der Waals surface area contributed by atoms with Crippen LogP contribution < -0.4 is 5.32 Å². The smallest absolute Gasteiger partial charge is 0.351 e. The van der Waals surface area contributed by atoms with Crippen molar-refractivity contribution >= 4 is 34.0 Å². The number of aromatic nitrogens is 1. The summed E-state index contributed by atoms with van der Waals surface area (Å²) in [6, 6.07) is 0. The third-order valence-electron chi connectivity index (χ3n) is 1.51. The van der Waals surface area contributed by atoms with E-state index in [1.54, 1.807) is 6.92 Å². The second-order valence-corrected chi connectivity index (χ2v) is 4.22. The number of thiazole rings is 1. The zero-order valence-corrected chi connectivity index (χ0v) is 9.85. The van der Waals surface area contributed by atoms with Gasteiger partial charge in [-0.1, -0.05) is 22.9 Å². The third kappa shape index (κ3) is 3.33. The Morgan fingerprint density at radius 2 is 2.47 bits per heavy atom. The normalized spacial score (nSPS) is 12.3. The average molecular weight is 251 g/mol. The van der Waals surface area contributed by atoms with E-state index in [1.807, 2.05) is 0 Å². The first kappa shape index (κ1) is 12.2. The Morgan fingerprint density at radius 1 is 1.80 bits per heavy atom. The van der Waals surface area contributed by atoms with Crippen LogP contribution in [0.4, 0.5) is 5.13 Å². The molecule has 0 aromatic carbocycles. The van der Waals surface area contributed by atoms with E-state index in [4.69, 9.17) is 16.7 Å². The fourth-order valence-corrected chi connectivity index (χ4v) is 1.94. The molecule has 0 fully saturated rings. The first-order valence-corrected chi connectivity index (χ1v) is 5.40. The largest absolute Gasteiger partial charge is 0.465 e. The fraction of sp³-hybridized carbons (Fsp3) is 0.500. The molecule has 0 aliphatic heterocycles. The van der Waals surface area contributed by atoms with Crippen LogP contribution in [-0.4, -0.2) is 35.8 Å². The molecule has 0 aliphatic rings. The van der Waals surface area contributed by atoms with E-state index in [0.29, 0.717) is 11.7 Å². The number of aliphatic hydroxyl groups excluding tert-OH is 1. The highest BCUT2D eigenvalue weighted by molar-refractivity contribution is 7.18. The third-order valence-corrected chi connectivity index (χ3v) is 2.88. The van der Waals surface area contributed by atoms with Gasteiger partial charge in [-0.3, -0.25) is 0 Å². The van der Waals surface area contributed by atoms with E-state index in [1.165, 1.54) is 7.11 Å². The Hall–Kier alpha value is -0.850. The van der Waals surface area contributed by atoms with Crippen molar-refractivity contribution in [3.63, 3.8) is 0 Å². The van der Waals surface area contributed by atoms with E-state index in [-0.39, 0.29) is 10.0 Å². The van der Waals surface area contributed by atoms with Gasteiger partial charge in [0.2, 0.25) is 0 Å². The maximum atomic E-state index is 11.2. The van der Waals surface area contributed by atoms with Gasteiger partial charge in [-0.25, -0.2) is 9.78 Å². The van der Waals surface area contributed by atoms with Crippen LogP contribution in [0.5, 0.6) is 0 Å². The molecule has 7 heteroatoms. The zero-order chi connectivity index (χ0) is 11.4. The fourth-order valence-electron chi connectivity index (χ4n) is 0.831. The number of aliphatic hydroxyl groups is 1. The number of hydrogen-bond acceptors (Lipinski definition) is 6. The van der Waals surface area contributed by atoms with Crippen molar-refractivity contribution in [1.82, 2.24) is 4.98 Å². The monoisotopic (exact) mass is 250 g/mol. The van der Waals surface area contributed by atoms with Crippen LogP contribution >= 0.6 is 22.9 Å². The van der Waals surface area contributed by atoms with Gasteiger partial charge < -0.3 is 15.2 Å². The van der Waals surface area contributed by atoms with Crippen LogP contribution in [-0.2, 0) is 4.74 Å². The summed E-state index contributed by atoms with van der Waals surface area (Å²) in [5.41, 5.74) is 0. The van der Waals surface area contributed by atoms with Gasteiger partial charge in [-0.15, -0.1) is 0 Å². The Labute approximate surface area is 96.0 Å². The number of halogens is 1. The maximum Gasteiger partial charge on any atom is 0.351 e. The van der Waals surface area contributed by atoms with E-state index in [2.05, 4.69) is 15.0 Å². The van der Waals surface area contributed by atoms with Crippen molar-refractivity contribution in [3.05, 3.63) is 10.0 Å². The van der Waals surface area contributed by atoms with Gasteiger partial charge in [0, 0.05) is 6.54 Å². The molecule has 0 amide bonds. The minimum absolute atomic E-state index is 0.111. The molecule has 1 aromatic heterocycles. The standard InChI is InChI=1S/C8H11ClN2O3S/c1-4(12)3-10-8-11-6(9)5(15-8)7(13)14-2/h4,12H,3H2,1-2H3,(H,10,11)/t4-/m1/s1. The molecular formula is C8H11ClN2O3S. The molecule has 0 bridgehead atoms. The van der Waals surface area contributed by atoms with Gasteiger partial charge in [-0.05, 0) is 6.92 Å². The van der Waals surface area contributed by atoms with Crippen molar-refractivity contribution in [3.8, 4) is 0 Å². The van der Waals surface area contributed by atoms with E-state index >= 15 is 0 Å². The van der Waals surface area contributed by atoms with Gasteiger partial charge in [0.25, 0.3) is 0 Å². The number of nitrogens with one attached hydrogen (secondary N) is 1. The number of methoxy groups -OCH3 is 1. The highest BCUT2D eigenvalue weighted by Crippen LogP contribution is 2.27. The van der Waals surface area contributed by atoms with Crippen molar-refractivity contribution in [2.24, 2.45) is 0 Å². The van der Waals surface area contributed by atoms with Gasteiger partial charge >= 0.3 is 5.97 Å². The SMILES string of the molecule is COC(=O)c1sc(NC[C@@H](C)O)nc1Cl. The molecule has 0 spiro atoms. The summed E-state index contributed by atoms with van der Waals surface area (Å²) in [7, 11) is 1.28. The van der Waals surface area contributed by atoms with Crippen molar-refractivity contribution in [2.75, 3.05) is 19.0 Å². The quantitative estimate of drug-likeness (QED) is 0.790. The first-order valence-electron chi connectivity index (χ1n) is 4.21. The molecule has 5 nitrogen and oxygen atoms in total. The second kappa shape index (κ2) is 5.29. The van der Waals surface area contributed by atoms with Gasteiger partial charge in [-0.2, -0.15) is 0 Å². The number of anilines is 1. The van der Waals surface area contributed by atoms with Crippen LogP contribution in [0.1, 0.15) is 16.6 Å². The molecule has 0 aliphatic carbocycles. The molecule has 2 N–H and O–H groups in total. The molecular weight excluding hydrogens is 240 g/mol. The Balaban J connectivity index is 2.72. The molecule has 0 saturated heterocycles. The molecule has 15 heavy (non-hydrogen) atoms. The lowest BCUT2D eigenvalue weighted by Crippen LogP contribution is -2.14. The minimum atomic E-state index is -0.511. The average Bonchev–Trinajstić information content (AvgIpc) is 2.55. The molecule has 0 saturated carbocycles. The molecule has 1 aromatic rings. The molecule has 1 heterocycles. The summed E-state index contributed by atoms with van der Waals surface area (Å²) in [5, 5.41) is 12.5. The van der Waals surface area contributed by atoms with Gasteiger partial charge in [0.05, 0.1) is 13.2 Å². The van der Waals surface area contributed by atoms with Crippen molar-refractivity contribution in [1.29, 1.82) is 0 Å². The lowest BCUT2D eigenvalue weighted by molar-refractivity contribution is 0.0606. The van der Waals surface area contributed by atoms with Crippen LogP contribution in [0.25, 0.3) is 0 Å². The highest BCUT2D eigenvalue weighted by atomic mass is 35.5. The lowest BCUT2D eigenvalue weighted by atomic mass is 10.4. The molecule has 84 valence electrons. The number of carbonyl (C=O) groups excluding carboxylic acids is 1. The van der Waals surface area contributed by atoms with Crippen LogP contribution in [0.2, 0.25) is 5.15 Å². The Morgan fingerprint density at radius 3 is 3.00 bits per heavy atom.